The van der Waals surface area contributed by atoms with E-state index in [1.54, 1.807) is 4.90 Å². The summed E-state index contributed by atoms with van der Waals surface area (Å²) in [5.74, 6) is 0.218. The van der Waals surface area contributed by atoms with Crippen molar-refractivity contribution in [1.29, 1.82) is 0 Å². The van der Waals surface area contributed by atoms with Crippen LogP contribution in [0.4, 0.5) is 5.69 Å². The number of para-hydroxylation sites is 1. The van der Waals surface area contributed by atoms with E-state index in [9.17, 15) is 9.59 Å². The molecule has 4 nitrogen and oxygen atoms in total. The van der Waals surface area contributed by atoms with Crippen molar-refractivity contribution >= 4 is 17.5 Å². The molecule has 2 aliphatic rings. The van der Waals surface area contributed by atoms with Crippen molar-refractivity contribution in [3.8, 4) is 0 Å². The monoisotopic (exact) mass is 258 g/mol. The van der Waals surface area contributed by atoms with E-state index in [4.69, 9.17) is 0 Å². The van der Waals surface area contributed by atoms with Gasteiger partial charge < -0.3 is 10.2 Å². The average molecular weight is 258 g/mol. The topological polar surface area (TPSA) is 49.4 Å². The molecule has 1 aromatic carbocycles. The second-order valence-corrected chi connectivity index (χ2v) is 5.72. The molecule has 2 aliphatic heterocycles. The first-order chi connectivity index (χ1) is 9.02. The van der Waals surface area contributed by atoms with Crippen molar-refractivity contribution < 1.29 is 9.59 Å². The number of amides is 2. The van der Waals surface area contributed by atoms with Crippen LogP contribution in [0.3, 0.4) is 0 Å². The minimum atomic E-state index is -0.520. The van der Waals surface area contributed by atoms with Crippen molar-refractivity contribution in [3.63, 3.8) is 0 Å². The fraction of sp³-hybridized carbons (Fsp3) is 0.467. The summed E-state index contributed by atoms with van der Waals surface area (Å²) in [5, 5.41) is 2.96. The van der Waals surface area contributed by atoms with Crippen LogP contribution in [0.15, 0.2) is 24.3 Å². The van der Waals surface area contributed by atoms with Crippen LogP contribution in [0.1, 0.15) is 31.7 Å². The molecule has 0 aliphatic carbocycles. The van der Waals surface area contributed by atoms with Gasteiger partial charge in [-0.25, -0.2) is 0 Å². The van der Waals surface area contributed by atoms with Crippen molar-refractivity contribution in [3.05, 3.63) is 29.8 Å². The second kappa shape index (κ2) is 4.08. The summed E-state index contributed by atoms with van der Waals surface area (Å²) in [6, 6.07) is 8.03. The maximum Gasteiger partial charge on any atom is 0.237 e. The Morgan fingerprint density at radius 3 is 2.79 bits per heavy atom. The summed E-state index contributed by atoms with van der Waals surface area (Å²) < 4.78 is 0. The van der Waals surface area contributed by atoms with E-state index in [1.807, 2.05) is 38.2 Å². The van der Waals surface area contributed by atoms with Gasteiger partial charge in [0.15, 0.2) is 0 Å². The number of nitrogens with one attached hydrogen (secondary N) is 1. The molecule has 1 saturated heterocycles. The summed E-state index contributed by atoms with van der Waals surface area (Å²) in [6.45, 7) is 1.99. The molecule has 1 fully saturated rings. The minimum Gasteiger partial charge on any atom is -0.353 e. The molecular weight excluding hydrogens is 240 g/mol. The predicted octanol–water partition coefficient (Wildman–Crippen LogP) is 1.59. The van der Waals surface area contributed by atoms with Gasteiger partial charge in [0.05, 0.1) is 5.41 Å². The summed E-state index contributed by atoms with van der Waals surface area (Å²) in [7, 11) is 1.82. The molecule has 2 amide bonds. The quantitative estimate of drug-likeness (QED) is 0.875. The normalized spacial score (nSPS) is 29.6. The van der Waals surface area contributed by atoms with Crippen LogP contribution in [0.25, 0.3) is 0 Å². The number of hydrogen-bond acceptors (Lipinski definition) is 2. The van der Waals surface area contributed by atoms with Crippen molar-refractivity contribution in [2.24, 2.45) is 0 Å². The lowest BCUT2D eigenvalue weighted by Gasteiger charge is -2.26. The summed E-state index contributed by atoms with van der Waals surface area (Å²) >= 11 is 0. The van der Waals surface area contributed by atoms with Crippen LogP contribution in [0, 0.1) is 0 Å². The van der Waals surface area contributed by atoms with Crippen molar-refractivity contribution in [2.45, 2.75) is 37.6 Å². The van der Waals surface area contributed by atoms with Gasteiger partial charge in [0.25, 0.3) is 0 Å². The van der Waals surface area contributed by atoms with Crippen LogP contribution in [0.5, 0.6) is 0 Å². The first-order valence-corrected chi connectivity index (χ1v) is 6.69. The molecule has 1 N–H and O–H groups in total. The summed E-state index contributed by atoms with van der Waals surface area (Å²) in [5.41, 5.74) is 1.54. The van der Waals surface area contributed by atoms with E-state index < -0.39 is 5.41 Å². The van der Waals surface area contributed by atoms with Gasteiger partial charge in [0.2, 0.25) is 11.8 Å². The number of carbonyl (C=O) groups excluding carboxylic acids is 2. The molecule has 2 atom stereocenters. The maximum atomic E-state index is 12.6. The van der Waals surface area contributed by atoms with Gasteiger partial charge in [-0.3, -0.25) is 9.59 Å². The third-order valence-electron chi connectivity index (χ3n) is 4.38. The first kappa shape index (κ1) is 12.2. The van der Waals surface area contributed by atoms with Crippen LogP contribution < -0.4 is 10.2 Å². The van der Waals surface area contributed by atoms with Gasteiger partial charge in [-0.05, 0) is 31.4 Å². The third-order valence-corrected chi connectivity index (χ3v) is 4.38. The lowest BCUT2D eigenvalue weighted by molar-refractivity contribution is -0.123. The number of rotatable bonds is 2. The van der Waals surface area contributed by atoms with Crippen LogP contribution >= 0.6 is 0 Å². The molecule has 0 aromatic heterocycles. The second-order valence-electron chi connectivity index (χ2n) is 5.72. The van der Waals surface area contributed by atoms with Crippen LogP contribution in [0.2, 0.25) is 0 Å². The minimum absolute atomic E-state index is 0.0979. The lowest BCUT2D eigenvalue weighted by atomic mass is 9.78. The molecule has 1 aromatic rings. The van der Waals surface area contributed by atoms with E-state index in [0.29, 0.717) is 12.8 Å². The Hall–Kier alpha value is -1.84. The predicted molar refractivity (Wildman–Crippen MR) is 73.0 cm³/mol. The Balaban J connectivity index is 1.94. The molecule has 19 heavy (non-hydrogen) atoms. The number of nitrogens with zero attached hydrogens (tertiary/aromatic N) is 1. The van der Waals surface area contributed by atoms with Gasteiger partial charge in [-0.2, -0.15) is 0 Å². The van der Waals surface area contributed by atoms with Crippen LogP contribution in [-0.2, 0) is 15.0 Å². The van der Waals surface area contributed by atoms with Gasteiger partial charge in [0, 0.05) is 25.2 Å². The Morgan fingerprint density at radius 2 is 2.11 bits per heavy atom. The van der Waals surface area contributed by atoms with Gasteiger partial charge in [-0.1, -0.05) is 18.2 Å². The Labute approximate surface area is 112 Å². The first-order valence-electron chi connectivity index (χ1n) is 6.69. The van der Waals surface area contributed by atoms with Crippen LogP contribution in [-0.4, -0.2) is 24.9 Å². The van der Waals surface area contributed by atoms with E-state index >= 15 is 0 Å². The highest BCUT2D eigenvalue weighted by Crippen LogP contribution is 2.44. The van der Waals surface area contributed by atoms with Gasteiger partial charge in [-0.15, -0.1) is 0 Å². The summed E-state index contributed by atoms with van der Waals surface area (Å²) in [4.78, 5) is 25.6. The highest BCUT2D eigenvalue weighted by atomic mass is 16.2. The third kappa shape index (κ3) is 1.74. The Morgan fingerprint density at radius 1 is 1.37 bits per heavy atom. The molecule has 4 heteroatoms. The fourth-order valence-corrected chi connectivity index (χ4v) is 3.35. The van der Waals surface area contributed by atoms with Gasteiger partial charge >= 0.3 is 0 Å². The molecule has 0 bridgehead atoms. The lowest BCUT2D eigenvalue weighted by Crippen LogP contribution is -2.41. The number of likely N-dealkylation sites (N-methyl/N-ethyl adjacent to an activating group) is 1. The van der Waals surface area contributed by atoms with E-state index in [-0.39, 0.29) is 17.9 Å². The van der Waals surface area contributed by atoms with Gasteiger partial charge in [0.1, 0.15) is 0 Å². The zero-order chi connectivity index (χ0) is 13.6. The molecule has 3 rings (SSSR count). The molecule has 0 spiro atoms. The SMILES string of the molecule is CN1C(=O)C(C)(CC2CCC(=O)N2)c2ccccc21. The van der Waals surface area contributed by atoms with Crippen molar-refractivity contribution in [2.75, 3.05) is 11.9 Å². The molecule has 2 unspecified atom stereocenters. The van der Waals surface area contributed by atoms with Crippen molar-refractivity contribution in [1.82, 2.24) is 5.32 Å². The molecule has 100 valence electrons. The number of carbonyl (C=O) groups is 2. The average Bonchev–Trinajstić information content (AvgIpc) is 2.88. The van der Waals surface area contributed by atoms with E-state index in [0.717, 1.165) is 17.7 Å². The molecule has 0 radical (unpaired) electrons. The molecule has 0 saturated carbocycles. The van der Waals surface area contributed by atoms with E-state index in [2.05, 4.69) is 5.32 Å². The highest BCUT2D eigenvalue weighted by Gasteiger charge is 2.47. The zero-order valence-electron chi connectivity index (χ0n) is 11.3. The zero-order valence-corrected chi connectivity index (χ0v) is 11.3. The largest absolute Gasteiger partial charge is 0.353 e. The Kier molecular flexibility index (Phi) is 2.62. The smallest absolute Gasteiger partial charge is 0.237 e. The number of fused-ring (bicyclic) bond motifs is 1. The molecular formula is C15H18N2O2. The van der Waals surface area contributed by atoms with E-state index in [1.165, 1.54) is 0 Å². The fourth-order valence-electron chi connectivity index (χ4n) is 3.35. The number of benzene rings is 1. The Bertz CT molecular complexity index is 555. The standard InChI is InChI=1S/C15H18N2O2/c1-15(9-10-7-8-13(18)16-10)11-5-3-4-6-12(11)17(2)14(15)19/h3-6,10H,7-9H2,1-2H3,(H,16,18). The summed E-state index contributed by atoms with van der Waals surface area (Å²) in [6.07, 6.45) is 2.08. The highest BCUT2D eigenvalue weighted by molar-refractivity contribution is 6.07. The number of hydrogen-bond donors (Lipinski definition) is 1. The maximum absolute atomic E-state index is 12.6. The number of anilines is 1. The molecule has 2 heterocycles.